The molecule has 0 spiro atoms. The van der Waals surface area contributed by atoms with Gasteiger partial charge in [-0.2, -0.15) is 15.1 Å². The van der Waals surface area contributed by atoms with E-state index in [-0.39, 0.29) is 5.91 Å². The Labute approximate surface area is 159 Å². The molecule has 0 unspecified atom stereocenters. The molecule has 1 N–H and O–H groups in total. The van der Waals surface area contributed by atoms with Crippen LogP contribution >= 0.6 is 0 Å². The fraction of sp³-hybridized carbons (Fsp3) is 0.579. The highest BCUT2D eigenvalue weighted by Crippen LogP contribution is 2.27. The van der Waals surface area contributed by atoms with Gasteiger partial charge in [-0.25, -0.2) is 4.68 Å². The number of piperidine rings is 1. The summed E-state index contributed by atoms with van der Waals surface area (Å²) in [6.45, 7) is 7.04. The number of hydrogen-bond acceptors (Lipinski definition) is 6. The molecule has 3 heterocycles. The number of methoxy groups -OCH3 is 1. The van der Waals surface area contributed by atoms with Gasteiger partial charge in [-0.1, -0.05) is 0 Å². The van der Waals surface area contributed by atoms with Crippen molar-refractivity contribution in [3.63, 3.8) is 0 Å². The Kier molecular flexibility index (Phi) is 6.05. The van der Waals surface area contributed by atoms with Gasteiger partial charge in [0.15, 0.2) is 0 Å². The van der Waals surface area contributed by atoms with E-state index < -0.39 is 0 Å². The molecule has 1 saturated heterocycles. The molecule has 8 nitrogen and oxygen atoms in total. The van der Waals surface area contributed by atoms with Gasteiger partial charge in [0, 0.05) is 45.0 Å². The number of carbonyl (C=O) groups is 1. The molecule has 0 saturated carbocycles. The first-order chi connectivity index (χ1) is 13.0. The van der Waals surface area contributed by atoms with E-state index in [9.17, 15) is 4.79 Å². The van der Waals surface area contributed by atoms with Crippen LogP contribution in [0.25, 0.3) is 5.95 Å². The Bertz CT molecular complexity index is 803. The van der Waals surface area contributed by atoms with Crippen LogP contribution in [0.4, 0.5) is 11.6 Å². The molecule has 0 bridgehead atoms. The molecule has 3 rings (SSSR count). The maximum absolute atomic E-state index is 11.6. The second-order valence-electron chi connectivity index (χ2n) is 7.06. The van der Waals surface area contributed by atoms with E-state index in [0.717, 1.165) is 49.6 Å². The standard InChI is InChI=1S/C19H28N6O2/c1-13-11-14(2)25(23-13)19-21-17(20-15(3)26)12-18(22-19)24-9-6-5-7-16(24)8-10-27-4/h11-12,16H,5-10H2,1-4H3,(H,20,21,22,26)/t16-/m1/s1. The predicted octanol–water partition coefficient (Wildman–Crippen LogP) is 2.63. The van der Waals surface area contributed by atoms with Gasteiger partial charge in [-0.05, 0) is 45.6 Å². The second-order valence-corrected chi connectivity index (χ2v) is 7.06. The van der Waals surface area contributed by atoms with E-state index in [1.165, 1.54) is 13.3 Å². The number of nitrogens with zero attached hydrogens (tertiary/aromatic N) is 5. The summed E-state index contributed by atoms with van der Waals surface area (Å²) < 4.78 is 7.01. The molecular formula is C19H28N6O2. The van der Waals surface area contributed by atoms with Crippen LogP contribution in [0.5, 0.6) is 0 Å². The lowest BCUT2D eigenvalue weighted by molar-refractivity contribution is -0.114. The van der Waals surface area contributed by atoms with Crippen molar-refractivity contribution in [3.8, 4) is 5.95 Å². The molecular weight excluding hydrogens is 344 g/mol. The number of aryl methyl sites for hydroxylation is 2. The van der Waals surface area contributed by atoms with Gasteiger partial charge in [-0.3, -0.25) is 4.79 Å². The van der Waals surface area contributed by atoms with Crippen molar-refractivity contribution in [1.82, 2.24) is 19.7 Å². The summed E-state index contributed by atoms with van der Waals surface area (Å²) in [5.74, 6) is 1.62. The van der Waals surface area contributed by atoms with Crippen LogP contribution in [0.1, 0.15) is 44.0 Å². The number of amides is 1. The zero-order chi connectivity index (χ0) is 19.4. The smallest absolute Gasteiger partial charge is 0.254 e. The van der Waals surface area contributed by atoms with Crippen LogP contribution in [0, 0.1) is 13.8 Å². The van der Waals surface area contributed by atoms with Crippen molar-refractivity contribution in [2.45, 2.75) is 52.5 Å². The minimum Gasteiger partial charge on any atom is -0.385 e. The number of ether oxygens (including phenoxy) is 1. The van der Waals surface area contributed by atoms with Crippen molar-refractivity contribution < 1.29 is 9.53 Å². The van der Waals surface area contributed by atoms with Gasteiger partial charge in [0.25, 0.3) is 5.95 Å². The Morgan fingerprint density at radius 1 is 1.30 bits per heavy atom. The third kappa shape index (κ3) is 4.63. The third-order valence-electron chi connectivity index (χ3n) is 4.78. The molecule has 1 atom stereocenters. The zero-order valence-electron chi connectivity index (χ0n) is 16.5. The molecule has 1 amide bonds. The van der Waals surface area contributed by atoms with E-state index in [1.807, 2.05) is 26.0 Å². The molecule has 1 fully saturated rings. The second kappa shape index (κ2) is 8.47. The molecule has 0 radical (unpaired) electrons. The van der Waals surface area contributed by atoms with Gasteiger partial charge in [0.1, 0.15) is 11.6 Å². The van der Waals surface area contributed by atoms with Crippen molar-refractivity contribution >= 4 is 17.5 Å². The third-order valence-corrected chi connectivity index (χ3v) is 4.78. The van der Waals surface area contributed by atoms with E-state index in [0.29, 0.717) is 17.8 Å². The van der Waals surface area contributed by atoms with Crippen LogP contribution in [-0.4, -0.2) is 52.0 Å². The van der Waals surface area contributed by atoms with Crippen LogP contribution in [0.2, 0.25) is 0 Å². The van der Waals surface area contributed by atoms with Crippen molar-refractivity contribution in [2.75, 3.05) is 30.5 Å². The van der Waals surface area contributed by atoms with Gasteiger partial charge >= 0.3 is 0 Å². The maximum atomic E-state index is 11.6. The van der Waals surface area contributed by atoms with Gasteiger partial charge < -0.3 is 15.0 Å². The summed E-state index contributed by atoms with van der Waals surface area (Å²) in [6, 6.07) is 4.20. The van der Waals surface area contributed by atoms with E-state index in [4.69, 9.17) is 9.72 Å². The molecule has 2 aromatic heterocycles. The van der Waals surface area contributed by atoms with Crippen LogP contribution in [0.3, 0.4) is 0 Å². The highest BCUT2D eigenvalue weighted by Gasteiger charge is 2.25. The largest absolute Gasteiger partial charge is 0.385 e. The first kappa shape index (κ1) is 19.3. The SMILES string of the molecule is COCC[C@H]1CCCCN1c1cc(NC(C)=O)nc(-n2nc(C)cc2C)n1. The quantitative estimate of drug-likeness (QED) is 0.839. The van der Waals surface area contributed by atoms with E-state index in [1.54, 1.807) is 11.8 Å². The topological polar surface area (TPSA) is 85.2 Å². The van der Waals surface area contributed by atoms with Gasteiger partial charge in [0.2, 0.25) is 5.91 Å². The minimum absolute atomic E-state index is 0.159. The van der Waals surface area contributed by atoms with E-state index in [2.05, 4.69) is 20.3 Å². The molecule has 1 aliphatic rings. The Morgan fingerprint density at radius 3 is 2.78 bits per heavy atom. The summed E-state index contributed by atoms with van der Waals surface area (Å²) >= 11 is 0. The lowest BCUT2D eigenvalue weighted by atomic mass is 9.99. The van der Waals surface area contributed by atoms with Crippen molar-refractivity contribution in [2.24, 2.45) is 0 Å². The van der Waals surface area contributed by atoms with Crippen LogP contribution < -0.4 is 10.2 Å². The summed E-state index contributed by atoms with van der Waals surface area (Å²) in [7, 11) is 1.73. The summed E-state index contributed by atoms with van der Waals surface area (Å²) in [5, 5.41) is 7.29. The highest BCUT2D eigenvalue weighted by atomic mass is 16.5. The van der Waals surface area contributed by atoms with E-state index >= 15 is 0 Å². The molecule has 27 heavy (non-hydrogen) atoms. The number of rotatable bonds is 6. The normalized spacial score (nSPS) is 17.2. The lowest BCUT2D eigenvalue weighted by Gasteiger charge is -2.37. The zero-order valence-corrected chi connectivity index (χ0v) is 16.5. The van der Waals surface area contributed by atoms with Crippen LogP contribution in [-0.2, 0) is 9.53 Å². The number of anilines is 2. The first-order valence-corrected chi connectivity index (χ1v) is 9.44. The van der Waals surface area contributed by atoms with Crippen molar-refractivity contribution in [3.05, 3.63) is 23.5 Å². The predicted molar refractivity (Wildman–Crippen MR) is 104 cm³/mol. The lowest BCUT2D eigenvalue weighted by Crippen LogP contribution is -2.41. The fourth-order valence-corrected chi connectivity index (χ4v) is 3.60. The molecule has 146 valence electrons. The average molecular weight is 372 g/mol. The number of aromatic nitrogens is 4. The Hall–Kier alpha value is -2.48. The monoisotopic (exact) mass is 372 g/mol. The minimum atomic E-state index is -0.159. The molecule has 0 aromatic carbocycles. The summed E-state index contributed by atoms with van der Waals surface area (Å²) in [4.78, 5) is 23.2. The summed E-state index contributed by atoms with van der Waals surface area (Å²) in [5.41, 5.74) is 1.85. The molecule has 8 heteroatoms. The average Bonchev–Trinajstić information content (AvgIpc) is 2.97. The molecule has 0 aliphatic carbocycles. The van der Waals surface area contributed by atoms with Crippen LogP contribution in [0.15, 0.2) is 12.1 Å². The first-order valence-electron chi connectivity index (χ1n) is 9.44. The number of hydrogen-bond donors (Lipinski definition) is 1. The summed E-state index contributed by atoms with van der Waals surface area (Å²) in [6.07, 6.45) is 4.39. The molecule has 1 aliphatic heterocycles. The number of nitrogens with one attached hydrogen (secondary N) is 1. The maximum Gasteiger partial charge on any atom is 0.254 e. The Morgan fingerprint density at radius 2 is 2.11 bits per heavy atom. The number of carbonyl (C=O) groups excluding carboxylic acids is 1. The molecule has 2 aromatic rings. The van der Waals surface area contributed by atoms with Gasteiger partial charge in [0.05, 0.1) is 5.69 Å². The highest BCUT2D eigenvalue weighted by molar-refractivity contribution is 5.88. The van der Waals surface area contributed by atoms with Crippen molar-refractivity contribution in [1.29, 1.82) is 0 Å². The fourth-order valence-electron chi connectivity index (χ4n) is 3.60. The Balaban J connectivity index is 2.01. The van der Waals surface area contributed by atoms with Gasteiger partial charge in [-0.15, -0.1) is 0 Å².